The van der Waals surface area contributed by atoms with Crippen LogP contribution in [0.3, 0.4) is 0 Å². The third-order valence-electron chi connectivity index (χ3n) is 4.07. The lowest BCUT2D eigenvalue weighted by molar-refractivity contribution is -0.189. The fourth-order valence-corrected chi connectivity index (χ4v) is 5.38. The molecule has 1 atom stereocenters. The predicted molar refractivity (Wildman–Crippen MR) is 102 cm³/mol. The van der Waals surface area contributed by atoms with Gasteiger partial charge in [-0.05, 0) is 47.7 Å². The number of rotatable bonds is 10. The third kappa shape index (κ3) is 5.47. The van der Waals surface area contributed by atoms with Gasteiger partial charge in [0.2, 0.25) is 0 Å². The standard InChI is InChI=1S/C18H23FNO6PS/c1-4-16-14(11-12-18(19)17(16)5-2)13-27(21,26-24-3)25-20-28(22,23)15-9-7-6-8-10-15/h6-12,20H,4-5,13H2,1-3H3. The van der Waals surface area contributed by atoms with Crippen LogP contribution in [0.25, 0.3) is 0 Å². The largest absolute Gasteiger partial charge is 0.379 e. The van der Waals surface area contributed by atoms with Crippen LogP contribution in [0, 0.1) is 5.82 Å². The lowest BCUT2D eigenvalue weighted by Gasteiger charge is -2.19. The Hall–Kier alpha value is -1.61. The highest BCUT2D eigenvalue weighted by atomic mass is 32.2. The van der Waals surface area contributed by atoms with Crippen LogP contribution in [-0.4, -0.2) is 15.5 Å². The first-order chi connectivity index (χ1) is 13.3. The Bertz CT molecular complexity index is 952. The van der Waals surface area contributed by atoms with Crippen molar-refractivity contribution in [2.45, 2.75) is 37.7 Å². The molecule has 0 aliphatic carbocycles. The maximum absolute atomic E-state index is 14.0. The van der Waals surface area contributed by atoms with Crippen molar-refractivity contribution in [3.63, 3.8) is 0 Å². The van der Waals surface area contributed by atoms with E-state index in [2.05, 4.69) is 4.89 Å². The molecule has 28 heavy (non-hydrogen) atoms. The van der Waals surface area contributed by atoms with Gasteiger partial charge in [0.1, 0.15) is 5.82 Å². The molecular weight excluding hydrogens is 408 g/mol. The monoisotopic (exact) mass is 431 g/mol. The van der Waals surface area contributed by atoms with Crippen LogP contribution in [0.5, 0.6) is 0 Å². The number of nitrogens with one attached hydrogen (secondary N) is 1. The van der Waals surface area contributed by atoms with Gasteiger partial charge in [0.25, 0.3) is 10.0 Å². The van der Waals surface area contributed by atoms with Crippen molar-refractivity contribution < 1.29 is 31.6 Å². The molecule has 0 bridgehead atoms. The topological polar surface area (TPSA) is 90.9 Å². The zero-order chi connectivity index (χ0) is 20.8. The minimum Gasteiger partial charge on any atom is -0.256 e. The number of sulfonamides is 1. The molecule has 10 heteroatoms. The zero-order valence-corrected chi connectivity index (χ0v) is 17.6. The average molecular weight is 431 g/mol. The predicted octanol–water partition coefficient (Wildman–Crippen LogP) is 4.13. The van der Waals surface area contributed by atoms with Gasteiger partial charge in [0, 0.05) is 0 Å². The van der Waals surface area contributed by atoms with Gasteiger partial charge in [-0.2, -0.15) is 0 Å². The van der Waals surface area contributed by atoms with Crippen molar-refractivity contribution in [3.8, 4) is 0 Å². The third-order valence-corrected chi connectivity index (χ3v) is 6.86. The summed E-state index contributed by atoms with van der Waals surface area (Å²) in [5.74, 6) is -0.351. The summed E-state index contributed by atoms with van der Waals surface area (Å²) < 4.78 is 61.4. The highest BCUT2D eigenvalue weighted by Gasteiger charge is 2.31. The summed E-state index contributed by atoms with van der Waals surface area (Å²) in [5.41, 5.74) is 1.71. The molecule has 0 spiro atoms. The second-order valence-electron chi connectivity index (χ2n) is 5.87. The average Bonchev–Trinajstić information content (AvgIpc) is 2.68. The van der Waals surface area contributed by atoms with Crippen LogP contribution >= 0.6 is 7.60 Å². The van der Waals surface area contributed by atoms with Crippen molar-refractivity contribution in [1.29, 1.82) is 0 Å². The fraction of sp³-hybridized carbons (Fsp3) is 0.333. The van der Waals surface area contributed by atoms with Crippen molar-refractivity contribution in [2.75, 3.05) is 7.11 Å². The fourth-order valence-electron chi connectivity index (χ4n) is 2.83. The molecule has 2 aromatic carbocycles. The minimum atomic E-state index is -4.08. The molecular formula is C18H23FNO6PS. The molecule has 0 aliphatic rings. The molecule has 0 aromatic heterocycles. The van der Waals surface area contributed by atoms with Gasteiger partial charge in [-0.3, -0.25) is 4.57 Å². The first-order valence-corrected chi connectivity index (χ1v) is 11.8. The Morgan fingerprint density at radius 1 is 1.04 bits per heavy atom. The summed E-state index contributed by atoms with van der Waals surface area (Å²) in [4.78, 5) is 6.27. The van der Waals surface area contributed by atoms with Crippen LogP contribution in [0.1, 0.15) is 30.5 Å². The van der Waals surface area contributed by atoms with Crippen molar-refractivity contribution in [3.05, 3.63) is 65.0 Å². The van der Waals surface area contributed by atoms with Crippen LogP contribution in [0.4, 0.5) is 4.39 Å². The maximum Gasteiger partial charge on any atom is 0.379 e. The summed E-state index contributed by atoms with van der Waals surface area (Å²) >= 11 is 0. The Morgan fingerprint density at radius 2 is 1.68 bits per heavy atom. The summed E-state index contributed by atoms with van der Waals surface area (Å²) in [6.07, 6.45) is 0.660. The van der Waals surface area contributed by atoms with Gasteiger partial charge in [-0.1, -0.05) is 43.0 Å². The molecule has 0 saturated heterocycles. The minimum absolute atomic E-state index is 0.0664. The van der Waals surface area contributed by atoms with E-state index in [9.17, 15) is 17.4 Å². The number of hydrogen-bond donors (Lipinski definition) is 1. The molecule has 1 N–H and O–H groups in total. The van der Waals surface area contributed by atoms with E-state index in [0.717, 1.165) is 7.11 Å². The van der Waals surface area contributed by atoms with Crippen LogP contribution in [-0.2, 0) is 47.8 Å². The van der Waals surface area contributed by atoms with Gasteiger partial charge in [0.05, 0.1) is 18.2 Å². The van der Waals surface area contributed by atoms with E-state index in [1.54, 1.807) is 6.07 Å². The Labute approximate surface area is 164 Å². The van der Waals surface area contributed by atoms with Crippen molar-refractivity contribution in [1.82, 2.24) is 4.89 Å². The first kappa shape index (κ1) is 22.7. The van der Waals surface area contributed by atoms with Gasteiger partial charge < -0.3 is 0 Å². The van der Waals surface area contributed by atoms with E-state index in [4.69, 9.17) is 9.30 Å². The van der Waals surface area contributed by atoms with E-state index >= 15 is 0 Å². The van der Waals surface area contributed by atoms with Crippen molar-refractivity contribution in [2.24, 2.45) is 0 Å². The van der Waals surface area contributed by atoms with Crippen LogP contribution in [0.2, 0.25) is 0 Å². The van der Waals surface area contributed by atoms with E-state index in [-0.39, 0.29) is 16.9 Å². The molecule has 2 aromatic rings. The Balaban J connectivity index is 2.28. The molecule has 0 radical (unpaired) electrons. The molecule has 1 unspecified atom stereocenters. The summed E-state index contributed by atoms with van der Waals surface area (Å²) in [5, 5.41) is 0. The first-order valence-electron chi connectivity index (χ1n) is 8.62. The molecule has 0 heterocycles. The number of hydrogen-bond acceptors (Lipinski definition) is 6. The Kier molecular flexibility index (Phi) is 7.88. The highest BCUT2D eigenvalue weighted by Crippen LogP contribution is 2.51. The molecule has 0 aliphatic heterocycles. The quantitative estimate of drug-likeness (QED) is 0.346. The normalized spacial score (nSPS) is 14.0. The zero-order valence-electron chi connectivity index (χ0n) is 15.8. The van der Waals surface area contributed by atoms with E-state index in [1.807, 2.05) is 18.7 Å². The van der Waals surface area contributed by atoms with Gasteiger partial charge in [0.15, 0.2) is 0 Å². The molecule has 154 valence electrons. The van der Waals surface area contributed by atoms with Gasteiger partial charge >= 0.3 is 7.60 Å². The molecule has 0 saturated carbocycles. The maximum atomic E-state index is 14.0. The van der Waals surface area contributed by atoms with E-state index in [1.165, 1.54) is 36.4 Å². The highest BCUT2D eigenvalue weighted by molar-refractivity contribution is 7.89. The van der Waals surface area contributed by atoms with Crippen LogP contribution in [0.15, 0.2) is 47.4 Å². The number of benzene rings is 2. The van der Waals surface area contributed by atoms with E-state index in [0.29, 0.717) is 29.5 Å². The lowest BCUT2D eigenvalue weighted by atomic mass is 9.97. The second kappa shape index (κ2) is 9.73. The molecule has 2 rings (SSSR count). The smallest absolute Gasteiger partial charge is 0.256 e. The summed E-state index contributed by atoms with van der Waals surface area (Å²) in [7, 11) is -7.03. The van der Waals surface area contributed by atoms with E-state index < -0.39 is 17.6 Å². The SMILES string of the molecule is CCc1c(F)ccc(CP(=O)(ONS(=O)(=O)c2ccccc2)OOC)c1CC. The Morgan fingerprint density at radius 3 is 2.25 bits per heavy atom. The van der Waals surface area contributed by atoms with Crippen LogP contribution < -0.4 is 4.89 Å². The van der Waals surface area contributed by atoms with Gasteiger partial charge in [-0.25, -0.2) is 22.3 Å². The van der Waals surface area contributed by atoms with Crippen molar-refractivity contribution >= 4 is 17.6 Å². The molecule has 0 fully saturated rings. The summed E-state index contributed by atoms with van der Waals surface area (Å²) in [6.45, 7) is 3.66. The lowest BCUT2D eigenvalue weighted by Crippen LogP contribution is -2.24. The molecule has 0 amide bonds. The molecule has 7 nitrogen and oxygen atoms in total. The van der Waals surface area contributed by atoms with Gasteiger partial charge in [-0.15, -0.1) is 4.67 Å². The number of halogens is 1. The summed E-state index contributed by atoms with van der Waals surface area (Å²) in [6, 6.07) is 10.2. The second-order valence-corrected chi connectivity index (χ2v) is 9.39.